The third-order valence-electron chi connectivity index (χ3n) is 4.14. The fourth-order valence-electron chi connectivity index (χ4n) is 3.02. The number of fused-ring (bicyclic) bond motifs is 1. The lowest BCUT2D eigenvalue weighted by atomic mass is 10.0. The van der Waals surface area contributed by atoms with Crippen LogP contribution >= 0.6 is 0 Å². The molecule has 1 aromatic carbocycles. The summed E-state index contributed by atoms with van der Waals surface area (Å²) in [5.74, 6) is 1.04. The molecule has 0 aromatic heterocycles. The van der Waals surface area contributed by atoms with Crippen molar-refractivity contribution >= 4 is 0 Å². The standard InChI is InChI=1S/C16H23NO2/c1-11-5-6-16-13(8-11)9-14(19-16)10-18-15-4-3-7-17-12(15)2/h5-6,8,12,14-15,17H,3-4,7,9-10H2,1-2H3. The summed E-state index contributed by atoms with van der Waals surface area (Å²) in [6.07, 6.45) is 3.87. The summed E-state index contributed by atoms with van der Waals surface area (Å²) in [5, 5.41) is 3.47. The molecule has 0 amide bonds. The number of ether oxygens (including phenoxy) is 2. The van der Waals surface area contributed by atoms with Crippen molar-refractivity contribution in [3.63, 3.8) is 0 Å². The lowest BCUT2D eigenvalue weighted by Gasteiger charge is -2.30. The molecule has 0 bridgehead atoms. The van der Waals surface area contributed by atoms with Crippen molar-refractivity contribution in [3.05, 3.63) is 29.3 Å². The number of hydrogen-bond acceptors (Lipinski definition) is 3. The minimum atomic E-state index is 0.186. The second-order valence-electron chi connectivity index (χ2n) is 5.81. The highest BCUT2D eigenvalue weighted by molar-refractivity contribution is 5.40. The van der Waals surface area contributed by atoms with Gasteiger partial charge in [0, 0.05) is 12.5 Å². The molecule has 2 heterocycles. The molecule has 2 aliphatic heterocycles. The fraction of sp³-hybridized carbons (Fsp3) is 0.625. The number of hydrogen-bond donors (Lipinski definition) is 1. The summed E-state index contributed by atoms with van der Waals surface area (Å²) in [5.41, 5.74) is 2.62. The van der Waals surface area contributed by atoms with E-state index in [4.69, 9.17) is 9.47 Å². The molecule has 0 aliphatic carbocycles. The fourth-order valence-corrected chi connectivity index (χ4v) is 3.02. The van der Waals surface area contributed by atoms with Crippen molar-refractivity contribution in [3.8, 4) is 5.75 Å². The normalized spacial score (nSPS) is 29.9. The Hall–Kier alpha value is -1.06. The third-order valence-corrected chi connectivity index (χ3v) is 4.14. The van der Waals surface area contributed by atoms with Gasteiger partial charge in [-0.15, -0.1) is 0 Å². The van der Waals surface area contributed by atoms with E-state index >= 15 is 0 Å². The number of piperidine rings is 1. The zero-order valence-electron chi connectivity index (χ0n) is 11.8. The summed E-state index contributed by atoms with van der Waals surface area (Å²) in [6.45, 7) is 6.15. The van der Waals surface area contributed by atoms with Gasteiger partial charge in [0.15, 0.2) is 0 Å². The lowest BCUT2D eigenvalue weighted by Crippen LogP contribution is -2.45. The van der Waals surface area contributed by atoms with Gasteiger partial charge in [0.05, 0.1) is 12.7 Å². The second kappa shape index (κ2) is 5.51. The van der Waals surface area contributed by atoms with Crippen molar-refractivity contribution in [2.45, 2.75) is 51.4 Å². The first-order valence-electron chi connectivity index (χ1n) is 7.33. The molecule has 3 rings (SSSR count). The molecular formula is C16H23NO2. The Balaban J connectivity index is 1.53. The van der Waals surface area contributed by atoms with Gasteiger partial charge in [0.1, 0.15) is 11.9 Å². The van der Waals surface area contributed by atoms with Crippen molar-refractivity contribution in [1.82, 2.24) is 5.32 Å². The van der Waals surface area contributed by atoms with E-state index < -0.39 is 0 Å². The predicted molar refractivity (Wildman–Crippen MR) is 75.7 cm³/mol. The van der Waals surface area contributed by atoms with Crippen LogP contribution in [0.4, 0.5) is 0 Å². The summed E-state index contributed by atoms with van der Waals surface area (Å²) in [4.78, 5) is 0. The Morgan fingerprint density at radius 3 is 3.16 bits per heavy atom. The highest BCUT2D eigenvalue weighted by Crippen LogP contribution is 2.30. The van der Waals surface area contributed by atoms with Gasteiger partial charge in [-0.25, -0.2) is 0 Å². The maximum absolute atomic E-state index is 6.05. The van der Waals surface area contributed by atoms with Crippen LogP contribution in [-0.2, 0) is 11.2 Å². The summed E-state index contributed by atoms with van der Waals surface area (Å²) < 4.78 is 12.0. The molecule has 19 heavy (non-hydrogen) atoms. The van der Waals surface area contributed by atoms with Crippen LogP contribution in [0.1, 0.15) is 30.9 Å². The number of benzene rings is 1. The first-order valence-corrected chi connectivity index (χ1v) is 7.33. The van der Waals surface area contributed by atoms with Crippen LogP contribution in [0.3, 0.4) is 0 Å². The molecular weight excluding hydrogens is 238 g/mol. The van der Waals surface area contributed by atoms with Gasteiger partial charge in [-0.2, -0.15) is 0 Å². The lowest BCUT2D eigenvalue weighted by molar-refractivity contribution is -0.0214. The molecule has 1 N–H and O–H groups in total. The maximum atomic E-state index is 6.05. The van der Waals surface area contributed by atoms with Crippen LogP contribution in [0.25, 0.3) is 0 Å². The van der Waals surface area contributed by atoms with Gasteiger partial charge in [-0.3, -0.25) is 0 Å². The summed E-state index contributed by atoms with van der Waals surface area (Å²) >= 11 is 0. The molecule has 1 fully saturated rings. The van der Waals surface area contributed by atoms with E-state index in [0.29, 0.717) is 18.8 Å². The van der Waals surface area contributed by atoms with E-state index in [0.717, 1.165) is 25.1 Å². The molecule has 104 valence electrons. The van der Waals surface area contributed by atoms with Crippen LogP contribution < -0.4 is 10.1 Å². The molecule has 3 unspecified atom stereocenters. The van der Waals surface area contributed by atoms with E-state index in [-0.39, 0.29) is 6.10 Å². The Bertz CT molecular complexity index is 446. The van der Waals surface area contributed by atoms with Crippen LogP contribution in [0.5, 0.6) is 5.75 Å². The van der Waals surface area contributed by atoms with E-state index in [1.54, 1.807) is 0 Å². The number of aryl methyl sites for hydroxylation is 1. The van der Waals surface area contributed by atoms with Gasteiger partial charge >= 0.3 is 0 Å². The highest BCUT2D eigenvalue weighted by atomic mass is 16.5. The van der Waals surface area contributed by atoms with Gasteiger partial charge in [-0.1, -0.05) is 17.7 Å². The molecule has 0 saturated carbocycles. The van der Waals surface area contributed by atoms with Crippen molar-refractivity contribution < 1.29 is 9.47 Å². The predicted octanol–water partition coefficient (Wildman–Crippen LogP) is 2.46. The zero-order chi connectivity index (χ0) is 13.2. The number of nitrogens with one attached hydrogen (secondary N) is 1. The van der Waals surface area contributed by atoms with Crippen molar-refractivity contribution in [2.75, 3.05) is 13.2 Å². The monoisotopic (exact) mass is 261 g/mol. The Morgan fingerprint density at radius 1 is 1.42 bits per heavy atom. The van der Waals surface area contributed by atoms with E-state index in [1.165, 1.54) is 17.5 Å². The van der Waals surface area contributed by atoms with Crippen molar-refractivity contribution in [2.24, 2.45) is 0 Å². The van der Waals surface area contributed by atoms with Gasteiger partial charge in [0.25, 0.3) is 0 Å². The Labute approximate surface area is 115 Å². The molecule has 2 aliphatic rings. The maximum Gasteiger partial charge on any atom is 0.126 e. The highest BCUT2D eigenvalue weighted by Gasteiger charge is 2.26. The summed E-state index contributed by atoms with van der Waals surface area (Å²) in [6, 6.07) is 6.87. The molecule has 0 radical (unpaired) electrons. The zero-order valence-corrected chi connectivity index (χ0v) is 11.8. The van der Waals surface area contributed by atoms with Crippen LogP contribution in [0.15, 0.2) is 18.2 Å². The van der Waals surface area contributed by atoms with E-state index in [9.17, 15) is 0 Å². The molecule has 3 heteroatoms. The smallest absolute Gasteiger partial charge is 0.126 e. The molecule has 0 spiro atoms. The Morgan fingerprint density at radius 2 is 2.32 bits per heavy atom. The van der Waals surface area contributed by atoms with Crippen LogP contribution in [0, 0.1) is 6.92 Å². The first-order chi connectivity index (χ1) is 9.22. The number of rotatable bonds is 3. The van der Waals surface area contributed by atoms with Crippen LogP contribution in [-0.4, -0.2) is 31.4 Å². The third kappa shape index (κ3) is 2.93. The van der Waals surface area contributed by atoms with E-state index in [2.05, 4.69) is 37.4 Å². The molecule has 3 atom stereocenters. The van der Waals surface area contributed by atoms with Gasteiger partial charge in [-0.05, 0) is 44.9 Å². The largest absolute Gasteiger partial charge is 0.487 e. The van der Waals surface area contributed by atoms with Crippen LogP contribution in [0.2, 0.25) is 0 Å². The van der Waals surface area contributed by atoms with E-state index in [1.807, 2.05) is 0 Å². The molecule has 3 nitrogen and oxygen atoms in total. The molecule has 1 aromatic rings. The minimum absolute atomic E-state index is 0.186. The van der Waals surface area contributed by atoms with Gasteiger partial charge < -0.3 is 14.8 Å². The molecule has 1 saturated heterocycles. The minimum Gasteiger partial charge on any atom is -0.487 e. The van der Waals surface area contributed by atoms with Gasteiger partial charge in [0.2, 0.25) is 0 Å². The van der Waals surface area contributed by atoms with Crippen molar-refractivity contribution in [1.29, 1.82) is 0 Å². The average molecular weight is 261 g/mol. The second-order valence-corrected chi connectivity index (χ2v) is 5.81. The Kier molecular flexibility index (Phi) is 3.76. The first kappa shape index (κ1) is 12.9. The SMILES string of the molecule is Cc1ccc2c(c1)CC(COC1CCCNC1C)O2. The quantitative estimate of drug-likeness (QED) is 0.906. The topological polar surface area (TPSA) is 30.5 Å². The average Bonchev–Trinajstić information content (AvgIpc) is 2.79. The summed E-state index contributed by atoms with van der Waals surface area (Å²) in [7, 11) is 0.